The minimum Gasteiger partial charge on any atom is -0.367 e. The fourth-order valence-electron chi connectivity index (χ4n) is 1.15. The predicted octanol–water partition coefficient (Wildman–Crippen LogP) is 1.37. The molecule has 1 heterocycles. The van der Waals surface area contributed by atoms with E-state index in [9.17, 15) is 9.59 Å². The number of halogens is 1. The number of amides is 1. The Morgan fingerprint density at radius 1 is 1.56 bits per heavy atom. The second-order valence-corrected chi connectivity index (χ2v) is 4.12. The van der Waals surface area contributed by atoms with E-state index in [1.807, 2.05) is 13.8 Å². The molecule has 0 bridgehead atoms. The lowest BCUT2D eigenvalue weighted by atomic mass is 10.1. The third kappa shape index (κ3) is 3.10. The van der Waals surface area contributed by atoms with Crippen molar-refractivity contribution in [1.29, 1.82) is 0 Å². The zero-order chi connectivity index (χ0) is 12.1. The van der Waals surface area contributed by atoms with Crippen molar-refractivity contribution in [3.63, 3.8) is 0 Å². The Morgan fingerprint density at radius 3 is 2.81 bits per heavy atom. The Kier molecular flexibility index (Phi) is 4.55. The number of hydrogen-bond acceptors (Lipinski definition) is 2. The summed E-state index contributed by atoms with van der Waals surface area (Å²) in [7, 11) is 0. The lowest BCUT2D eigenvalue weighted by Crippen LogP contribution is -2.39. The summed E-state index contributed by atoms with van der Waals surface area (Å²) in [6.45, 7) is 3.80. The normalized spacial score (nSPS) is 14.2. The molecule has 88 valence electrons. The molecular formula is C11H15ClN2O2. The molecule has 1 aromatic rings. The zero-order valence-electron chi connectivity index (χ0n) is 9.29. The summed E-state index contributed by atoms with van der Waals surface area (Å²) in [6, 6.07) is 1.26. The molecule has 0 radical (unpaired) electrons. The fraction of sp³-hybridized carbons (Fsp3) is 0.455. The van der Waals surface area contributed by atoms with Gasteiger partial charge in [-0.25, -0.2) is 0 Å². The number of nitrogens with one attached hydrogen (secondary N) is 2. The molecule has 5 heteroatoms. The molecule has 0 aromatic carbocycles. The number of aromatic amines is 1. The van der Waals surface area contributed by atoms with E-state index in [1.165, 1.54) is 18.5 Å². The molecule has 1 rings (SSSR count). The Bertz CT molecular complexity index is 416. The molecule has 0 aliphatic rings. The molecular weight excluding hydrogens is 228 g/mol. The summed E-state index contributed by atoms with van der Waals surface area (Å²) in [5.74, 6) is 0.256. The summed E-state index contributed by atoms with van der Waals surface area (Å²) in [5, 5.41) is 2.74. The number of hydrogen-bond donors (Lipinski definition) is 2. The van der Waals surface area contributed by atoms with Crippen molar-refractivity contribution in [3.05, 3.63) is 34.2 Å². The number of rotatable bonds is 4. The number of carbonyl (C=O) groups excluding carboxylic acids is 1. The summed E-state index contributed by atoms with van der Waals surface area (Å²) in [4.78, 5) is 25.8. The molecule has 0 fully saturated rings. The first kappa shape index (κ1) is 12.8. The molecule has 1 amide bonds. The van der Waals surface area contributed by atoms with E-state index >= 15 is 0 Å². The SMILES string of the molecule is CC(CCl)C(C)NC(=O)c1c[nH]ccc1=O. The highest BCUT2D eigenvalue weighted by Gasteiger charge is 2.16. The van der Waals surface area contributed by atoms with Gasteiger partial charge in [-0.15, -0.1) is 11.6 Å². The maximum absolute atomic E-state index is 11.7. The van der Waals surface area contributed by atoms with Crippen LogP contribution in [0.1, 0.15) is 24.2 Å². The van der Waals surface area contributed by atoms with Crippen molar-refractivity contribution < 1.29 is 4.79 Å². The second kappa shape index (κ2) is 5.70. The highest BCUT2D eigenvalue weighted by Crippen LogP contribution is 2.05. The van der Waals surface area contributed by atoms with Gasteiger partial charge in [-0.2, -0.15) is 0 Å². The third-order valence-electron chi connectivity index (χ3n) is 2.52. The fourth-order valence-corrected chi connectivity index (χ4v) is 1.42. The Morgan fingerprint density at radius 2 is 2.25 bits per heavy atom. The summed E-state index contributed by atoms with van der Waals surface area (Å²) in [6.07, 6.45) is 2.89. The van der Waals surface area contributed by atoms with Gasteiger partial charge in [0.25, 0.3) is 5.91 Å². The first-order valence-corrected chi connectivity index (χ1v) is 5.63. The van der Waals surface area contributed by atoms with Crippen LogP contribution >= 0.6 is 11.6 Å². The standard InChI is InChI=1S/C11H15ClN2O2/c1-7(5-12)8(2)14-11(16)9-6-13-4-3-10(9)15/h3-4,6-8H,5H2,1-2H3,(H,13,15)(H,14,16). The number of aromatic nitrogens is 1. The average molecular weight is 243 g/mol. The van der Waals surface area contributed by atoms with E-state index in [0.29, 0.717) is 5.88 Å². The van der Waals surface area contributed by atoms with Crippen molar-refractivity contribution in [1.82, 2.24) is 10.3 Å². The van der Waals surface area contributed by atoms with Crippen LogP contribution in [0.2, 0.25) is 0 Å². The first-order valence-electron chi connectivity index (χ1n) is 5.10. The van der Waals surface area contributed by atoms with Crippen molar-refractivity contribution >= 4 is 17.5 Å². The van der Waals surface area contributed by atoms with Gasteiger partial charge in [-0.1, -0.05) is 6.92 Å². The monoisotopic (exact) mass is 242 g/mol. The first-order chi connectivity index (χ1) is 7.56. The van der Waals surface area contributed by atoms with Crippen LogP contribution in [-0.2, 0) is 0 Å². The summed E-state index contributed by atoms with van der Waals surface area (Å²) >= 11 is 5.69. The van der Waals surface area contributed by atoms with Gasteiger partial charge in [0.05, 0.1) is 0 Å². The Balaban J connectivity index is 2.74. The summed E-state index contributed by atoms with van der Waals surface area (Å²) < 4.78 is 0. The van der Waals surface area contributed by atoms with Crippen molar-refractivity contribution in [3.8, 4) is 0 Å². The smallest absolute Gasteiger partial charge is 0.256 e. The maximum atomic E-state index is 11.7. The molecule has 0 spiro atoms. The van der Waals surface area contributed by atoms with Gasteiger partial charge in [0.1, 0.15) is 5.56 Å². The average Bonchev–Trinajstić information content (AvgIpc) is 2.28. The van der Waals surface area contributed by atoms with E-state index in [4.69, 9.17) is 11.6 Å². The molecule has 0 aliphatic heterocycles. The van der Waals surface area contributed by atoms with Gasteiger partial charge in [0.2, 0.25) is 0 Å². The van der Waals surface area contributed by atoms with Gasteiger partial charge in [0.15, 0.2) is 5.43 Å². The highest BCUT2D eigenvalue weighted by atomic mass is 35.5. The molecule has 2 N–H and O–H groups in total. The van der Waals surface area contributed by atoms with Gasteiger partial charge in [0, 0.05) is 30.4 Å². The molecule has 2 atom stereocenters. The van der Waals surface area contributed by atoms with Crippen LogP contribution in [0.4, 0.5) is 0 Å². The van der Waals surface area contributed by atoms with Crippen molar-refractivity contribution in [2.75, 3.05) is 5.88 Å². The number of carbonyl (C=O) groups is 1. The lowest BCUT2D eigenvalue weighted by molar-refractivity contribution is 0.0929. The second-order valence-electron chi connectivity index (χ2n) is 3.82. The van der Waals surface area contributed by atoms with Crippen LogP contribution in [0.25, 0.3) is 0 Å². The molecule has 0 saturated carbocycles. The lowest BCUT2D eigenvalue weighted by Gasteiger charge is -2.18. The van der Waals surface area contributed by atoms with Crippen LogP contribution < -0.4 is 10.7 Å². The molecule has 16 heavy (non-hydrogen) atoms. The molecule has 4 nitrogen and oxygen atoms in total. The molecule has 1 aromatic heterocycles. The highest BCUT2D eigenvalue weighted by molar-refractivity contribution is 6.18. The van der Waals surface area contributed by atoms with Crippen LogP contribution in [0.5, 0.6) is 0 Å². The number of alkyl halides is 1. The van der Waals surface area contributed by atoms with Crippen LogP contribution in [-0.4, -0.2) is 22.8 Å². The van der Waals surface area contributed by atoms with Gasteiger partial charge in [-0.3, -0.25) is 9.59 Å². The third-order valence-corrected chi connectivity index (χ3v) is 3.01. The zero-order valence-corrected chi connectivity index (χ0v) is 10.0. The van der Waals surface area contributed by atoms with Crippen molar-refractivity contribution in [2.24, 2.45) is 5.92 Å². The van der Waals surface area contributed by atoms with E-state index in [-0.39, 0.29) is 28.9 Å². The van der Waals surface area contributed by atoms with Crippen molar-refractivity contribution in [2.45, 2.75) is 19.9 Å². The molecule has 0 aliphatic carbocycles. The van der Waals surface area contributed by atoms with E-state index in [0.717, 1.165) is 0 Å². The minimum atomic E-state index is -0.369. The van der Waals surface area contributed by atoms with Crippen LogP contribution in [0.15, 0.2) is 23.3 Å². The molecule has 0 saturated heterocycles. The molecule has 2 unspecified atom stereocenters. The van der Waals surface area contributed by atoms with Crippen LogP contribution in [0, 0.1) is 5.92 Å². The van der Waals surface area contributed by atoms with Gasteiger partial charge >= 0.3 is 0 Å². The quantitative estimate of drug-likeness (QED) is 0.784. The van der Waals surface area contributed by atoms with Gasteiger partial charge in [-0.05, 0) is 12.8 Å². The van der Waals surface area contributed by atoms with E-state index in [1.54, 1.807) is 0 Å². The van der Waals surface area contributed by atoms with Crippen LogP contribution in [0.3, 0.4) is 0 Å². The Labute approximate surface area is 99.0 Å². The van der Waals surface area contributed by atoms with E-state index < -0.39 is 0 Å². The maximum Gasteiger partial charge on any atom is 0.256 e. The minimum absolute atomic E-state index is 0.0652. The Hall–Kier alpha value is -1.29. The summed E-state index contributed by atoms with van der Waals surface area (Å²) in [5.41, 5.74) is -0.168. The largest absolute Gasteiger partial charge is 0.367 e. The predicted molar refractivity (Wildman–Crippen MR) is 63.9 cm³/mol. The number of pyridine rings is 1. The van der Waals surface area contributed by atoms with E-state index in [2.05, 4.69) is 10.3 Å². The topological polar surface area (TPSA) is 62.0 Å². The number of H-pyrrole nitrogens is 1. The van der Waals surface area contributed by atoms with Gasteiger partial charge < -0.3 is 10.3 Å².